The van der Waals surface area contributed by atoms with Gasteiger partial charge in [-0.15, -0.1) is 5.10 Å². The molecule has 0 fully saturated rings. The molecule has 0 atom stereocenters. The first-order chi connectivity index (χ1) is 11.8. The number of anilines is 2. The van der Waals surface area contributed by atoms with Gasteiger partial charge in [-0.2, -0.15) is 10.1 Å². The Morgan fingerprint density at radius 2 is 2.04 bits per heavy atom. The number of nitrogens with one attached hydrogen (secondary N) is 2. The van der Waals surface area contributed by atoms with E-state index in [9.17, 15) is 0 Å². The van der Waals surface area contributed by atoms with Gasteiger partial charge in [-0.3, -0.25) is 0 Å². The number of rotatable bonds is 7. The van der Waals surface area contributed by atoms with E-state index in [-0.39, 0.29) is 0 Å². The molecule has 24 heavy (non-hydrogen) atoms. The number of aryl methyl sites for hydroxylation is 1. The third-order valence-corrected chi connectivity index (χ3v) is 4.39. The van der Waals surface area contributed by atoms with E-state index >= 15 is 0 Å². The molecule has 2 aromatic rings. The van der Waals surface area contributed by atoms with E-state index in [1.807, 2.05) is 12.1 Å². The van der Waals surface area contributed by atoms with Gasteiger partial charge in [-0.05, 0) is 50.2 Å². The molecule has 1 aromatic carbocycles. The Morgan fingerprint density at radius 3 is 2.88 bits per heavy atom. The minimum atomic E-state index is 0.556. The number of hydrogen-bond acceptors (Lipinski definition) is 5. The molecule has 1 aliphatic rings. The molecule has 5 nitrogen and oxygen atoms in total. The Bertz CT molecular complexity index is 696. The van der Waals surface area contributed by atoms with Crippen LogP contribution in [-0.4, -0.2) is 21.7 Å². The number of benzene rings is 1. The van der Waals surface area contributed by atoms with Gasteiger partial charge in [0.15, 0.2) is 5.82 Å². The summed E-state index contributed by atoms with van der Waals surface area (Å²) in [6, 6.07) is 8.30. The molecule has 0 bridgehead atoms. The van der Waals surface area contributed by atoms with Crippen molar-refractivity contribution in [2.45, 2.75) is 45.6 Å². The summed E-state index contributed by atoms with van der Waals surface area (Å²) in [6.45, 7) is 3.69. The largest absolute Gasteiger partial charge is 0.368 e. The first-order valence-electron chi connectivity index (χ1n) is 8.71. The van der Waals surface area contributed by atoms with Crippen LogP contribution in [0.5, 0.6) is 0 Å². The average Bonchev–Trinajstić information content (AvgIpc) is 2.62. The standard InChI is InChI=1S/C19H25N5/c1-15-7-5-6-10-17(15)13-21-19-23-18(14-22-24-19)20-12-11-16-8-3-2-4-9-16/h5-8,10,14H,2-4,9,11-13H2,1H3,(H2,20,21,23,24). The van der Waals surface area contributed by atoms with Crippen molar-refractivity contribution < 1.29 is 0 Å². The molecule has 1 aromatic heterocycles. The number of aromatic nitrogens is 3. The van der Waals surface area contributed by atoms with Gasteiger partial charge in [0.05, 0.1) is 6.20 Å². The van der Waals surface area contributed by atoms with E-state index in [0.717, 1.165) is 18.8 Å². The molecule has 0 saturated heterocycles. The summed E-state index contributed by atoms with van der Waals surface area (Å²) in [4.78, 5) is 4.48. The smallest absolute Gasteiger partial charge is 0.244 e. The average molecular weight is 323 g/mol. The maximum absolute atomic E-state index is 4.48. The first-order valence-corrected chi connectivity index (χ1v) is 8.71. The van der Waals surface area contributed by atoms with Crippen LogP contribution in [0.4, 0.5) is 11.8 Å². The molecule has 0 spiro atoms. The van der Waals surface area contributed by atoms with Crippen LogP contribution in [0.15, 0.2) is 42.1 Å². The minimum Gasteiger partial charge on any atom is -0.368 e. The summed E-state index contributed by atoms with van der Waals surface area (Å²) in [7, 11) is 0. The Hall–Kier alpha value is -2.43. The molecule has 1 aliphatic carbocycles. The Morgan fingerprint density at radius 1 is 1.12 bits per heavy atom. The summed E-state index contributed by atoms with van der Waals surface area (Å²) in [5.74, 6) is 1.33. The quantitative estimate of drug-likeness (QED) is 0.751. The fourth-order valence-corrected chi connectivity index (χ4v) is 2.93. The second kappa shape index (κ2) is 8.43. The van der Waals surface area contributed by atoms with Crippen LogP contribution >= 0.6 is 0 Å². The molecule has 3 rings (SSSR count). The van der Waals surface area contributed by atoms with Crippen molar-refractivity contribution in [1.29, 1.82) is 0 Å². The maximum atomic E-state index is 4.48. The lowest BCUT2D eigenvalue weighted by molar-refractivity contribution is 0.679. The SMILES string of the molecule is Cc1ccccc1CNc1nncc(NCCC2=CCCCC2)n1. The van der Waals surface area contributed by atoms with Crippen LogP contribution in [0, 0.1) is 6.92 Å². The zero-order valence-electron chi connectivity index (χ0n) is 14.3. The number of hydrogen-bond donors (Lipinski definition) is 2. The van der Waals surface area contributed by atoms with E-state index in [0.29, 0.717) is 12.5 Å². The van der Waals surface area contributed by atoms with Gasteiger partial charge in [-0.25, -0.2) is 0 Å². The van der Waals surface area contributed by atoms with E-state index in [4.69, 9.17) is 0 Å². The highest BCUT2D eigenvalue weighted by molar-refractivity contribution is 5.38. The van der Waals surface area contributed by atoms with Gasteiger partial charge in [-0.1, -0.05) is 35.9 Å². The van der Waals surface area contributed by atoms with Crippen molar-refractivity contribution in [3.8, 4) is 0 Å². The van der Waals surface area contributed by atoms with Crippen LogP contribution in [0.25, 0.3) is 0 Å². The Kier molecular flexibility index (Phi) is 5.77. The van der Waals surface area contributed by atoms with Crippen molar-refractivity contribution in [2.24, 2.45) is 0 Å². The van der Waals surface area contributed by atoms with Crippen molar-refractivity contribution in [2.75, 3.05) is 17.2 Å². The Balaban J connectivity index is 1.50. The van der Waals surface area contributed by atoms with Crippen LogP contribution in [0.3, 0.4) is 0 Å². The highest BCUT2D eigenvalue weighted by Crippen LogP contribution is 2.20. The predicted octanol–water partition coefficient (Wildman–Crippen LogP) is 4.09. The fraction of sp³-hybridized carbons (Fsp3) is 0.421. The van der Waals surface area contributed by atoms with E-state index in [1.54, 1.807) is 11.8 Å². The van der Waals surface area contributed by atoms with E-state index in [1.165, 1.54) is 36.8 Å². The van der Waals surface area contributed by atoms with Crippen LogP contribution in [0.1, 0.15) is 43.2 Å². The van der Waals surface area contributed by atoms with Gasteiger partial charge in [0.2, 0.25) is 5.95 Å². The number of allylic oxidation sites excluding steroid dienone is 1. The van der Waals surface area contributed by atoms with Crippen LogP contribution in [-0.2, 0) is 6.54 Å². The van der Waals surface area contributed by atoms with Gasteiger partial charge in [0.25, 0.3) is 0 Å². The predicted molar refractivity (Wildman–Crippen MR) is 98.0 cm³/mol. The highest BCUT2D eigenvalue weighted by atomic mass is 15.3. The summed E-state index contributed by atoms with van der Waals surface area (Å²) in [5, 5.41) is 14.7. The molecule has 0 unspecified atom stereocenters. The maximum Gasteiger partial charge on any atom is 0.244 e. The third kappa shape index (κ3) is 4.78. The topological polar surface area (TPSA) is 62.7 Å². The van der Waals surface area contributed by atoms with Gasteiger partial charge in [0, 0.05) is 13.1 Å². The summed E-state index contributed by atoms with van der Waals surface area (Å²) >= 11 is 0. The number of nitrogens with zero attached hydrogens (tertiary/aromatic N) is 3. The molecular weight excluding hydrogens is 298 g/mol. The lowest BCUT2D eigenvalue weighted by Crippen LogP contribution is -2.10. The zero-order valence-corrected chi connectivity index (χ0v) is 14.3. The lowest BCUT2D eigenvalue weighted by atomic mass is 9.97. The van der Waals surface area contributed by atoms with Gasteiger partial charge in [0.1, 0.15) is 0 Å². The highest BCUT2D eigenvalue weighted by Gasteiger charge is 2.05. The molecule has 0 radical (unpaired) electrons. The monoisotopic (exact) mass is 323 g/mol. The molecule has 2 N–H and O–H groups in total. The molecule has 0 saturated carbocycles. The van der Waals surface area contributed by atoms with Crippen molar-refractivity contribution in [3.63, 3.8) is 0 Å². The van der Waals surface area contributed by atoms with E-state index < -0.39 is 0 Å². The zero-order chi connectivity index (χ0) is 16.6. The lowest BCUT2D eigenvalue weighted by Gasteiger charge is -2.13. The minimum absolute atomic E-state index is 0.556. The van der Waals surface area contributed by atoms with E-state index in [2.05, 4.69) is 50.9 Å². The normalized spacial score (nSPS) is 14.1. The second-order valence-electron chi connectivity index (χ2n) is 6.23. The van der Waals surface area contributed by atoms with Crippen molar-refractivity contribution in [1.82, 2.24) is 15.2 Å². The summed E-state index contributed by atoms with van der Waals surface area (Å²) in [5.41, 5.74) is 4.06. The molecule has 5 heteroatoms. The van der Waals surface area contributed by atoms with Gasteiger partial charge >= 0.3 is 0 Å². The molecular formula is C19H25N5. The third-order valence-electron chi connectivity index (χ3n) is 4.39. The summed E-state index contributed by atoms with van der Waals surface area (Å²) < 4.78 is 0. The second-order valence-corrected chi connectivity index (χ2v) is 6.23. The van der Waals surface area contributed by atoms with Crippen molar-refractivity contribution >= 4 is 11.8 Å². The van der Waals surface area contributed by atoms with Crippen molar-refractivity contribution in [3.05, 3.63) is 53.2 Å². The molecule has 126 valence electrons. The first kappa shape index (κ1) is 16.4. The van der Waals surface area contributed by atoms with Crippen LogP contribution in [0.2, 0.25) is 0 Å². The van der Waals surface area contributed by atoms with Gasteiger partial charge < -0.3 is 10.6 Å². The molecule has 1 heterocycles. The molecule has 0 amide bonds. The Labute approximate surface area is 143 Å². The fourth-order valence-electron chi connectivity index (χ4n) is 2.93. The molecule has 0 aliphatic heterocycles. The van der Waals surface area contributed by atoms with Crippen LogP contribution < -0.4 is 10.6 Å². The summed E-state index contributed by atoms with van der Waals surface area (Å²) in [6.07, 6.45) is 10.3.